The molecule has 0 aromatic heterocycles. The van der Waals surface area contributed by atoms with Gasteiger partial charge in [-0.05, 0) is 18.2 Å². The van der Waals surface area contributed by atoms with Crippen LogP contribution in [0.3, 0.4) is 0 Å². The lowest BCUT2D eigenvalue weighted by molar-refractivity contribution is -0.144. The predicted octanol–water partition coefficient (Wildman–Crippen LogP) is 1.47. The fraction of sp³-hybridized carbons (Fsp3) is 0.167. The number of nitrogens with one attached hydrogen (secondary N) is 1. The second-order valence-electron chi connectivity index (χ2n) is 3.20. The van der Waals surface area contributed by atoms with Crippen LogP contribution in [0.2, 0.25) is 0 Å². The lowest BCUT2D eigenvalue weighted by atomic mass is 10.2. The van der Waals surface area contributed by atoms with Gasteiger partial charge in [0.15, 0.2) is 5.57 Å². The maximum atomic E-state index is 12.9. The second-order valence-corrected chi connectivity index (χ2v) is 3.20. The molecular weight excluding hydrogens is 241 g/mol. The van der Waals surface area contributed by atoms with Gasteiger partial charge in [0.2, 0.25) is 0 Å². The molecule has 1 aromatic rings. The van der Waals surface area contributed by atoms with E-state index in [-0.39, 0.29) is 5.57 Å². The number of methoxy groups -OCH3 is 2. The van der Waals surface area contributed by atoms with E-state index in [4.69, 9.17) is 0 Å². The van der Waals surface area contributed by atoms with Crippen LogP contribution in [0.1, 0.15) is 0 Å². The summed E-state index contributed by atoms with van der Waals surface area (Å²) in [5.74, 6) is -2.12. The van der Waals surface area contributed by atoms with Crippen molar-refractivity contribution in [1.29, 1.82) is 0 Å². The predicted molar refractivity (Wildman–Crippen MR) is 62.1 cm³/mol. The Morgan fingerprint density at radius 3 is 2.33 bits per heavy atom. The fourth-order valence-corrected chi connectivity index (χ4v) is 1.15. The molecular formula is C12H12FNO4. The standard InChI is InChI=1S/C12H12FNO4/c1-17-11(15)10(12(16)18-2)7-14-9-5-3-4-8(13)6-9/h3-7,14H,1-2H3. The quantitative estimate of drug-likeness (QED) is 0.381. The van der Waals surface area contributed by atoms with Gasteiger partial charge in [0.05, 0.1) is 14.2 Å². The van der Waals surface area contributed by atoms with Crippen molar-refractivity contribution in [2.75, 3.05) is 19.5 Å². The van der Waals surface area contributed by atoms with Crippen LogP contribution in [-0.2, 0) is 19.1 Å². The van der Waals surface area contributed by atoms with E-state index in [2.05, 4.69) is 14.8 Å². The summed E-state index contributed by atoms with van der Waals surface area (Å²) in [4.78, 5) is 22.6. The molecule has 1 aromatic carbocycles. The van der Waals surface area contributed by atoms with Crippen LogP contribution in [0.5, 0.6) is 0 Å². The van der Waals surface area contributed by atoms with E-state index >= 15 is 0 Å². The number of rotatable bonds is 4. The summed E-state index contributed by atoms with van der Waals surface area (Å²) >= 11 is 0. The number of ether oxygens (including phenoxy) is 2. The topological polar surface area (TPSA) is 64.6 Å². The zero-order valence-electron chi connectivity index (χ0n) is 9.90. The van der Waals surface area contributed by atoms with Crippen LogP contribution in [-0.4, -0.2) is 26.2 Å². The Bertz CT molecular complexity index is 467. The molecule has 0 bridgehead atoms. The van der Waals surface area contributed by atoms with Gasteiger partial charge in [0.1, 0.15) is 5.82 Å². The average molecular weight is 253 g/mol. The van der Waals surface area contributed by atoms with Gasteiger partial charge in [0.25, 0.3) is 0 Å². The molecule has 0 saturated carbocycles. The highest BCUT2D eigenvalue weighted by atomic mass is 19.1. The van der Waals surface area contributed by atoms with Crippen molar-refractivity contribution in [2.24, 2.45) is 0 Å². The zero-order chi connectivity index (χ0) is 13.5. The molecule has 0 atom stereocenters. The van der Waals surface area contributed by atoms with Crippen LogP contribution in [0.15, 0.2) is 36.0 Å². The second kappa shape index (κ2) is 6.39. The van der Waals surface area contributed by atoms with Gasteiger partial charge in [-0.25, -0.2) is 14.0 Å². The Balaban J connectivity index is 2.90. The summed E-state index contributed by atoms with van der Waals surface area (Å²) in [5, 5.41) is 2.61. The van der Waals surface area contributed by atoms with Gasteiger partial charge in [0, 0.05) is 11.9 Å². The Labute approximate surface area is 103 Å². The number of halogens is 1. The number of anilines is 1. The van der Waals surface area contributed by atoms with E-state index in [1.807, 2.05) is 0 Å². The maximum Gasteiger partial charge on any atom is 0.346 e. The highest BCUT2D eigenvalue weighted by Crippen LogP contribution is 2.10. The third-order valence-corrected chi connectivity index (χ3v) is 2.02. The van der Waals surface area contributed by atoms with Gasteiger partial charge in [-0.1, -0.05) is 6.07 Å². The third-order valence-electron chi connectivity index (χ3n) is 2.02. The van der Waals surface area contributed by atoms with E-state index in [1.54, 1.807) is 6.07 Å². The molecule has 1 N–H and O–H groups in total. The van der Waals surface area contributed by atoms with Crippen molar-refractivity contribution < 1.29 is 23.5 Å². The molecule has 6 heteroatoms. The Morgan fingerprint density at radius 1 is 1.22 bits per heavy atom. The van der Waals surface area contributed by atoms with E-state index < -0.39 is 17.8 Å². The lowest BCUT2D eigenvalue weighted by Gasteiger charge is -2.05. The maximum absolute atomic E-state index is 12.9. The van der Waals surface area contributed by atoms with E-state index in [1.165, 1.54) is 18.2 Å². The van der Waals surface area contributed by atoms with Gasteiger partial charge >= 0.3 is 11.9 Å². The smallest absolute Gasteiger partial charge is 0.346 e. The molecule has 0 aliphatic rings. The van der Waals surface area contributed by atoms with Crippen LogP contribution in [0, 0.1) is 5.82 Å². The van der Waals surface area contributed by atoms with Crippen LogP contribution in [0.25, 0.3) is 0 Å². The van der Waals surface area contributed by atoms with Gasteiger partial charge in [-0.2, -0.15) is 0 Å². The first-order valence-corrected chi connectivity index (χ1v) is 4.97. The molecule has 0 unspecified atom stereocenters. The molecule has 0 aliphatic carbocycles. The number of carbonyl (C=O) groups excluding carboxylic acids is 2. The number of hydrogen-bond donors (Lipinski definition) is 1. The molecule has 0 heterocycles. The van der Waals surface area contributed by atoms with Crippen LogP contribution >= 0.6 is 0 Å². The largest absolute Gasteiger partial charge is 0.465 e. The normalized spacial score (nSPS) is 9.28. The molecule has 0 fully saturated rings. The minimum absolute atomic E-state index is 0.315. The van der Waals surface area contributed by atoms with Gasteiger partial charge in [-0.15, -0.1) is 0 Å². The Kier molecular flexibility index (Phi) is 4.86. The molecule has 0 amide bonds. The molecule has 1 rings (SSSR count). The van der Waals surface area contributed by atoms with Crippen molar-refractivity contribution >= 4 is 17.6 Å². The number of esters is 2. The molecule has 0 spiro atoms. The fourth-order valence-electron chi connectivity index (χ4n) is 1.15. The monoisotopic (exact) mass is 253 g/mol. The minimum Gasteiger partial charge on any atom is -0.465 e. The molecule has 5 nitrogen and oxygen atoms in total. The molecule has 0 aliphatic heterocycles. The summed E-state index contributed by atoms with van der Waals surface area (Å²) in [6, 6.07) is 5.55. The minimum atomic E-state index is -0.842. The highest BCUT2D eigenvalue weighted by Gasteiger charge is 2.19. The average Bonchev–Trinajstić information content (AvgIpc) is 2.38. The summed E-state index contributed by atoms with van der Waals surface area (Å²) in [6.45, 7) is 0. The first kappa shape index (κ1) is 13.7. The van der Waals surface area contributed by atoms with Crippen molar-refractivity contribution in [3.63, 3.8) is 0 Å². The van der Waals surface area contributed by atoms with E-state index in [9.17, 15) is 14.0 Å². The summed E-state index contributed by atoms with van der Waals surface area (Å²) in [7, 11) is 2.28. The molecule has 0 radical (unpaired) electrons. The van der Waals surface area contributed by atoms with Crippen LogP contribution in [0.4, 0.5) is 10.1 Å². The first-order valence-electron chi connectivity index (χ1n) is 4.97. The van der Waals surface area contributed by atoms with Gasteiger partial charge in [-0.3, -0.25) is 0 Å². The molecule has 96 valence electrons. The Morgan fingerprint density at radius 2 is 1.83 bits per heavy atom. The number of carbonyl (C=O) groups is 2. The first-order chi connectivity index (χ1) is 8.58. The van der Waals surface area contributed by atoms with E-state index in [0.717, 1.165) is 20.4 Å². The molecule has 0 saturated heterocycles. The summed E-state index contributed by atoms with van der Waals surface area (Å²) in [6.07, 6.45) is 1.10. The highest BCUT2D eigenvalue weighted by molar-refractivity contribution is 6.14. The van der Waals surface area contributed by atoms with Gasteiger partial charge < -0.3 is 14.8 Å². The third kappa shape index (κ3) is 3.58. The lowest BCUT2D eigenvalue weighted by Crippen LogP contribution is -2.17. The van der Waals surface area contributed by atoms with Crippen molar-refractivity contribution in [1.82, 2.24) is 0 Å². The number of hydrogen-bond acceptors (Lipinski definition) is 5. The van der Waals surface area contributed by atoms with Crippen molar-refractivity contribution in [3.05, 3.63) is 41.9 Å². The van der Waals surface area contributed by atoms with E-state index in [0.29, 0.717) is 5.69 Å². The summed E-state index contributed by atoms with van der Waals surface area (Å²) < 4.78 is 21.7. The zero-order valence-corrected chi connectivity index (χ0v) is 9.90. The summed E-state index contributed by atoms with van der Waals surface area (Å²) in [5.41, 5.74) is 0.0737. The molecule has 18 heavy (non-hydrogen) atoms. The van der Waals surface area contributed by atoms with Crippen molar-refractivity contribution in [3.8, 4) is 0 Å². The SMILES string of the molecule is COC(=O)C(=CNc1cccc(F)c1)C(=O)OC. The van der Waals surface area contributed by atoms with Crippen molar-refractivity contribution in [2.45, 2.75) is 0 Å². The Hall–Kier alpha value is -2.37. The van der Waals surface area contributed by atoms with Crippen LogP contribution < -0.4 is 5.32 Å². The number of benzene rings is 1.